The van der Waals surface area contributed by atoms with E-state index in [9.17, 15) is 27.6 Å². The molecule has 2 aliphatic heterocycles. The van der Waals surface area contributed by atoms with Gasteiger partial charge in [0.05, 0.1) is 35.6 Å². The van der Waals surface area contributed by atoms with Crippen molar-refractivity contribution in [3.05, 3.63) is 65.6 Å². The smallest absolute Gasteiger partial charge is 0.307 e. The minimum Gasteiger partial charge on any atom is -0.460 e. The van der Waals surface area contributed by atoms with E-state index in [1.54, 1.807) is 20.8 Å². The topological polar surface area (TPSA) is 170 Å². The summed E-state index contributed by atoms with van der Waals surface area (Å²) < 4.78 is 43.4. The second-order valence-electron chi connectivity index (χ2n) is 20.8. The number of ketones is 1. The lowest BCUT2D eigenvalue weighted by Crippen LogP contribution is -2.47. The molecule has 4 heterocycles. The molecule has 2 fully saturated rings. The standard InChI is InChI=1S/C50H66N6O8S2/c1-31(2)56-39-20-16-19-37(44-51-38(30-65-44)32-21-23-34(24-22-32)48(3,4)5)43(39)52-47(56)63-36-26-40-41(57)28-50(46(60)53-66(61,62)54(9)10)27-35(50)18-15-13-11-12-14-17-33(45(59)55(40)29-36)25-42(58)64-49(6,7)8/h15-16,18-24,30-31,33,35-36,40H,11-14,17,25-29H2,1-10H3,(H,53,60)/b18-15-/t33-,35-,36-,40+,50-/m1/s1. The van der Waals surface area contributed by atoms with Crippen LogP contribution in [0.1, 0.15) is 125 Å². The van der Waals surface area contributed by atoms with Crippen LogP contribution in [-0.4, -0.2) is 94.1 Å². The number of amides is 2. The number of Topliss-reactive ketones (excluding diaryl/α,β-unsaturated/α-hetero) is 1. The number of para-hydroxylation sites is 1. The Labute approximate surface area is 393 Å². The zero-order valence-corrected chi connectivity index (χ0v) is 41.7. The van der Waals surface area contributed by atoms with E-state index in [4.69, 9.17) is 19.4 Å². The highest BCUT2D eigenvalue weighted by molar-refractivity contribution is 7.87. The lowest BCUT2D eigenvalue weighted by Gasteiger charge is -2.29. The first-order chi connectivity index (χ1) is 31.0. The number of allylic oxidation sites excluding steroid dienone is 2. The van der Waals surface area contributed by atoms with Gasteiger partial charge in [-0.3, -0.25) is 23.7 Å². The highest BCUT2D eigenvalue weighted by Gasteiger charge is 2.61. The summed E-state index contributed by atoms with van der Waals surface area (Å²) in [6.07, 6.45) is 6.64. The van der Waals surface area contributed by atoms with E-state index in [1.807, 2.05) is 48.8 Å². The molecule has 66 heavy (non-hydrogen) atoms. The Balaban J connectivity index is 1.22. The van der Waals surface area contributed by atoms with Crippen LogP contribution in [-0.2, 0) is 39.5 Å². The Bertz CT molecular complexity index is 2600. The molecule has 1 N–H and O–H groups in total. The van der Waals surface area contributed by atoms with Gasteiger partial charge >= 0.3 is 16.2 Å². The molecular formula is C50H66N6O8S2. The van der Waals surface area contributed by atoms with Crippen molar-refractivity contribution in [2.45, 2.75) is 142 Å². The molecule has 356 valence electrons. The third-order valence-electron chi connectivity index (χ3n) is 12.9. The minimum absolute atomic E-state index is 0.0340. The van der Waals surface area contributed by atoms with Gasteiger partial charge in [0.1, 0.15) is 22.2 Å². The van der Waals surface area contributed by atoms with Crippen LogP contribution in [0, 0.1) is 17.3 Å². The second kappa shape index (κ2) is 19.0. The van der Waals surface area contributed by atoms with Crippen LogP contribution in [0.3, 0.4) is 0 Å². The molecule has 1 saturated heterocycles. The van der Waals surface area contributed by atoms with Gasteiger partial charge < -0.3 is 14.4 Å². The Morgan fingerprint density at radius 2 is 1.73 bits per heavy atom. The van der Waals surface area contributed by atoms with Gasteiger partial charge in [0.2, 0.25) is 11.8 Å². The van der Waals surface area contributed by atoms with Crippen molar-refractivity contribution in [2.24, 2.45) is 17.3 Å². The minimum atomic E-state index is -4.15. The number of hydrogen-bond donors (Lipinski definition) is 1. The van der Waals surface area contributed by atoms with E-state index in [0.29, 0.717) is 24.4 Å². The van der Waals surface area contributed by atoms with E-state index >= 15 is 0 Å². The Hall–Kier alpha value is -4.93. The predicted octanol–water partition coefficient (Wildman–Crippen LogP) is 8.81. The molecule has 0 bridgehead atoms. The average Bonchev–Trinajstić information content (AvgIpc) is 3.57. The normalized spacial score (nSPS) is 23.8. The Morgan fingerprint density at radius 3 is 2.39 bits per heavy atom. The molecule has 3 aliphatic rings. The van der Waals surface area contributed by atoms with Gasteiger partial charge in [0, 0.05) is 55.4 Å². The number of aromatic nitrogens is 3. The fourth-order valence-electron chi connectivity index (χ4n) is 9.19. The number of ether oxygens (including phenoxy) is 2. The fraction of sp³-hybridized carbons (Fsp3) is 0.560. The molecule has 4 aromatic rings. The monoisotopic (exact) mass is 942 g/mol. The van der Waals surface area contributed by atoms with Crippen molar-refractivity contribution < 1.29 is 37.1 Å². The van der Waals surface area contributed by atoms with E-state index in [0.717, 1.165) is 50.9 Å². The van der Waals surface area contributed by atoms with Crippen LogP contribution in [0.5, 0.6) is 6.01 Å². The largest absolute Gasteiger partial charge is 0.460 e. The molecule has 5 atom stereocenters. The average molecular weight is 943 g/mol. The number of nitrogens with zero attached hydrogens (tertiary/aromatic N) is 5. The van der Waals surface area contributed by atoms with Crippen molar-refractivity contribution in [2.75, 3.05) is 20.6 Å². The number of thiazole rings is 1. The summed E-state index contributed by atoms with van der Waals surface area (Å²) in [5.41, 5.74) is 3.50. The van der Waals surface area contributed by atoms with Crippen molar-refractivity contribution in [1.82, 2.24) is 28.5 Å². The third kappa shape index (κ3) is 10.8. The first kappa shape index (κ1) is 49.0. The summed E-state index contributed by atoms with van der Waals surface area (Å²) in [5.74, 6) is -3.09. The molecule has 2 aromatic heterocycles. The van der Waals surface area contributed by atoms with Gasteiger partial charge in [-0.1, -0.05) is 76.1 Å². The molecule has 7 rings (SSSR count). The molecule has 2 amide bonds. The van der Waals surface area contributed by atoms with Gasteiger partial charge in [-0.05, 0) is 89.3 Å². The van der Waals surface area contributed by atoms with Crippen LogP contribution >= 0.6 is 11.3 Å². The summed E-state index contributed by atoms with van der Waals surface area (Å²) >= 11 is 1.54. The molecule has 1 saturated carbocycles. The van der Waals surface area contributed by atoms with Crippen LogP contribution in [0.4, 0.5) is 0 Å². The quantitative estimate of drug-likeness (QED) is 0.120. The number of nitrogens with one attached hydrogen (secondary N) is 1. The van der Waals surface area contributed by atoms with Gasteiger partial charge in [0.15, 0.2) is 5.78 Å². The second-order valence-corrected chi connectivity index (χ2v) is 23.5. The highest BCUT2D eigenvalue weighted by atomic mass is 32.2. The maximum absolute atomic E-state index is 14.9. The molecule has 1 aliphatic carbocycles. The number of carbonyl (C=O) groups is 4. The molecule has 0 spiro atoms. The van der Waals surface area contributed by atoms with E-state index in [2.05, 4.69) is 55.1 Å². The van der Waals surface area contributed by atoms with Gasteiger partial charge in [-0.25, -0.2) is 9.71 Å². The highest BCUT2D eigenvalue weighted by Crippen LogP contribution is 2.57. The summed E-state index contributed by atoms with van der Waals surface area (Å²) in [6.45, 7) is 16.0. The zero-order chi connectivity index (χ0) is 47.9. The van der Waals surface area contributed by atoms with E-state index < -0.39 is 51.2 Å². The van der Waals surface area contributed by atoms with Crippen LogP contribution in [0.25, 0.3) is 32.9 Å². The number of imidazole rings is 1. The maximum atomic E-state index is 14.9. The van der Waals surface area contributed by atoms with Crippen molar-refractivity contribution in [1.29, 1.82) is 0 Å². The number of carbonyl (C=O) groups excluding carboxylic acids is 4. The van der Waals surface area contributed by atoms with E-state index in [1.165, 1.54) is 35.9 Å². The molecule has 16 heteroatoms. The Kier molecular flexibility index (Phi) is 14.1. The number of hydrogen-bond acceptors (Lipinski definition) is 11. The lowest BCUT2D eigenvalue weighted by atomic mass is 9.86. The molecule has 0 radical (unpaired) electrons. The number of esters is 1. The number of fused-ring (bicyclic) bond motifs is 3. The first-order valence-corrected chi connectivity index (χ1v) is 25.5. The number of benzene rings is 2. The van der Waals surface area contributed by atoms with Crippen LogP contribution in [0.2, 0.25) is 0 Å². The van der Waals surface area contributed by atoms with Crippen molar-refractivity contribution >= 4 is 56.1 Å². The SMILES string of the molecule is CC(C)n1c(O[C@@H]2C[C@H]3C(=O)C[C@]4(C(=O)NS(=O)(=O)N(C)C)C[C@H]4/C=C\CCCCC[C@H](CC(=O)OC(C)(C)C)C(=O)N3C2)nc2c(-c3nc(-c4ccc(C(C)(C)C)cc4)cs3)cccc21. The number of rotatable bonds is 10. The summed E-state index contributed by atoms with van der Waals surface area (Å²) in [7, 11) is -1.50. The van der Waals surface area contributed by atoms with Gasteiger partial charge in [-0.15, -0.1) is 11.3 Å². The lowest BCUT2D eigenvalue weighted by molar-refractivity contribution is -0.159. The van der Waals surface area contributed by atoms with E-state index in [-0.39, 0.29) is 61.3 Å². The predicted molar refractivity (Wildman–Crippen MR) is 257 cm³/mol. The summed E-state index contributed by atoms with van der Waals surface area (Å²) in [6, 6.07) is 13.7. The fourth-order valence-corrected chi connectivity index (χ4v) is 10.7. The van der Waals surface area contributed by atoms with Crippen molar-refractivity contribution in [3.8, 4) is 27.8 Å². The summed E-state index contributed by atoms with van der Waals surface area (Å²) in [5, 5.41) is 2.86. The zero-order valence-electron chi connectivity index (χ0n) is 40.0. The summed E-state index contributed by atoms with van der Waals surface area (Å²) in [4.78, 5) is 68.6. The molecule has 0 unspecified atom stereocenters. The molecule has 2 aromatic carbocycles. The molecule has 14 nitrogen and oxygen atoms in total. The third-order valence-corrected chi connectivity index (χ3v) is 15.2. The van der Waals surface area contributed by atoms with Crippen molar-refractivity contribution in [3.63, 3.8) is 0 Å². The van der Waals surface area contributed by atoms with Crippen LogP contribution in [0.15, 0.2) is 60.0 Å². The van der Waals surface area contributed by atoms with Crippen LogP contribution < -0.4 is 9.46 Å². The maximum Gasteiger partial charge on any atom is 0.307 e. The van der Waals surface area contributed by atoms with Gasteiger partial charge in [-0.2, -0.15) is 17.7 Å². The van der Waals surface area contributed by atoms with Gasteiger partial charge in [0.25, 0.3) is 6.01 Å². The first-order valence-electron chi connectivity index (χ1n) is 23.2. The Morgan fingerprint density at radius 1 is 1.00 bits per heavy atom. The molecular weight excluding hydrogens is 877 g/mol.